The topological polar surface area (TPSA) is 62.0 Å². The molecule has 1 amide bonds. The van der Waals surface area contributed by atoms with Crippen LogP contribution in [0.5, 0.6) is 0 Å². The van der Waals surface area contributed by atoms with Crippen molar-refractivity contribution in [3.63, 3.8) is 0 Å². The van der Waals surface area contributed by atoms with Gasteiger partial charge in [0, 0.05) is 35.2 Å². The fraction of sp³-hybridized carbons (Fsp3) is 0.200. The summed E-state index contributed by atoms with van der Waals surface area (Å²) in [6.45, 7) is 2.30. The average molecular weight is 288 g/mol. The zero-order chi connectivity index (χ0) is 14.4. The van der Waals surface area contributed by atoms with Gasteiger partial charge < -0.3 is 10.3 Å². The molecule has 4 nitrogen and oxygen atoms in total. The Balaban J connectivity index is 1.82. The van der Waals surface area contributed by atoms with E-state index in [0.717, 1.165) is 16.3 Å². The molecule has 0 bridgehead atoms. The van der Waals surface area contributed by atoms with Crippen molar-refractivity contribution in [3.8, 4) is 0 Å². The molecule has 1 aromatic carbocycles. The third-order valence-corrected chi connectivity index (χ3v) is 3.72. The van der Waals surface area contributed by atoms with Crippen LogP contribution in [0, 0.1) is 6.92 Å². The van der Waals surface area contributed by atoms with Crippen LogP contribution < -0.4 is 10.7 Å². The number of amides is 1. The van der Waals surface area contributed by atoms with Gasteiger partial charge in [0.25, 0.3) is 5.91 Å². The minimum atomic E-state index is -0.333. The van der Waals surface area contributed by atoms with E-state index in [4.69, 9.17) is 0 Å². The number of aromatic amines is 1. The molecule has 0 spiro atoms. The minimum absolute atomic E-state index is 0.153. The van der Waals surface area contributed by atoms with E-state index in [1.165, 1.54) is 12.3 Å². The molecule has 2 aromatic rings. The van der Waals surface area contributed by atoms with E-state index in [2.05, 4.69) is 10.3 Å². The van der Waals surface area contributed by atoms with E-state index in [0.29, 0.717) is 6.54 Å². The van der Waals surface area contributed by atoms with Gasteiger partial charge in [-0.15, -0.1) is 11.8 Å². The van der Waals surface area contributed by atoms with Gasteiger partial charge in [-0.05, 0) is 19.1 Å². The monoisotopic (exact) mass is 288 g/mol. The third kappa shape index (κ3) is 3.99. The van der Waals surface area contributed by atoms with Crippen molar-refractivity contribution in [2.75, 3.05) is 12.3 Å². The lowest BCUT2D eigenvalue weighted by Crippen LogP contribution is -2.30. The first-order chi connectivity index (χ1) is 9.66. The van der Waals surface area contributed by atoms with Crippen LogP contribution in [-0.2, 0) is 0 Å². The van der Waals surface area contributed by atoms with Crippen molar-refractivity contribution in [2.45, 2.75) is 11.8 Å². The number of rotatable bonds is 5. The van der Waals surface area contributed by atoms with Crippen LogP contribution in [0.2, 0.25) is 0 Å². The largest absolute Gasteiger partial charge is 0.364 e. The number of aryl methyl sites for hydroxylation is 1. The number of hydrogen-bond acceptors (Lipinski definition) is 3. The van der Waals surface area contributed by atoms with Gasteiger partial charge in [-0.2, -0.15) is 0 Å². The highest BCUT2D eigenvalue weighted by Crippen LogP contribution is 2.15. The van der Waals surface area contributed by atoms with E-state index in [1.807, 2.05) is 30.3 Å². The first kappa shape index (κ1) is 14.4. The zero-order valence-corrected chi connectivity index (χ0v) is 12.0. The summed E-state index contributed by atoms with van der Waals surface area (Å²) in [6.07, 6.45) is 1.46. The molecule has 5 heteroatoms. The molecule has 2 rings (SSSR count). The Kier molecular flexibility index (Phi) is 5.01. The summed E-state index contributed by atoms with van der Waals surface area (Å²) >= 11 is 1.66. The fourth-order valence-corrected chi connectivity index (χ4v) is 2.49. The maximum atomic E-state index is 11.8. The highest BCUT2D eigenvalue weighted by Gasteiger charge is 2.09. The highest BCUT2D eigenvalue weighted by atomic mass is 32.2. The average Bonchev–Trinajstić information content (AvgIpc) is 2.44. The lowest BCUT2D eigenvalue weighted by Gasteiger charge is -2.05. The third-order valence-electron chi connectivity index (χ3n) is 2.70. The molecular formula is C15H16N2O2S. The summed E-state index contributed by atoms with van der Waals surface area (Å²) in [6, 6.07) is 11.4. The number of nitrogens with one attached hydrogen (secondary N) is 2. The van der Waals surface area contributed by atoms with E-state index in [1.54, 1.807) is 18.7 Å². The Hall–Kier alpha value is -2.01. The first-order valence-corrected chi connectivity index (χ1v) is 7.31. The van der Waals surface area contributed by atoms with Gasteiger partial charge in [-0.3, -0.25) is 9.59 Å². The van der Waals surface area contributed by atoms with Crippen molar-refractivity contribution in [1.29, 1.82) is 0 Å². The number of carbonyl (C=O) groups is 1. The van der Waals surface area contributed by atoms with Gasteiger partial charge in [0.05, 0.1) is 0 Å². The molecule has 2 N–H and O–H groups in total. The molecule has 20 heavy (non-hydrogen) atoms. The van der Waals surface area contributed by atoms with Crippen LogP contribution in [0.15, 0.2) is 52.3 Å². The van der Waals surface area contributed by atoms with Gasteiger partial charge in [-0.25, -0.2) is 0 Å². The van der Waals surface area contributed by atoms with Gasteiger partial charge in [0.1, 0.15) is 5.56 Å². The molecule has 0 radical (unpaired) electrons. The number of H-pyrrole nitrogens is 1. The minimum Gasteiger partial charge on any atom is -0.364 e. The summed E-state index contributed by atoms with van der Waals surface area (Å²) in [5.41, 5.74) is 0.640. The Morgan fingerprint density at radius 2 is 2.05 bits per heavy atom. The van der Waals surface area contributed by atoms with Crippen molar-refractivity contribution in [2.24, 2.45) is 0 Å². The van der Waals surface area contributed by atoms with E-state index < -0.39 is 0 Å². The van der Waals surface area contributed by atoms with Gasteiger partial charge in [0.15, 0.2) is 5.43 Å². The first-order valence-electron chi connectivity index (χ1n) is 6.32. The highest BCUT2D eigenvalue weighted by molar-refractivity contribution is 7.99. The quantitative estimate of drug-likeness (QED) is 0.655. The number of carbonyl (C=O) groups excluding carboxylic acids is 1. The summed E-state index contributed by atoms with van der Waals surface area (Å²) in [5, 5.41) is 2.75. The number of benzene rings is 1. The lowest BCUT2D eigenvalue weighted by molar-refractivity contribution is 0.0955. The molecule has 0 aliphatic heterocycles. The van der Waals surface area contributed by atoms with Crippen LogP contribution in [0.4, 0.5) is 0 Å². The second kappa shape index (κ2) is 6.96. The molecule has 0 aliphatic rings. The van der Waals surface area contributed by atoms with Crippen molar-refractivity contribution in [3.05, 3.63) is 64.1 Å². The second-order valence-electron chi connectivity index (χ2n) is 4.31. The molecule has 0 aliphatic carbocycles. The lowest BCUT2D eigenvalue weighted by atomic mass is 10.2. The molecule has 0 fully saturated rings. The van der Waals surface area contributed by atoms with Crippen molar-refractivity contribution >= 4 is 17.7 Å². The normalized spacial score (nSPS) is 10.2. The van der Waals surface area contributed by atoms with Crippen LogP contribution >= 0.6 is 11.8 Å². The van der Waals surface area contributed by atoms with E-state index in [9.17, 15) is 9.59 Å². The van der Waals surface area contributed by atoms with Gasteiger partial charge in [0.2, 0.25) is 0 Å². The van der Waals surface area contributed by atoms with Crippen LogP contribution in [0.3, 0.4) is 0 Å². The Labute approximate surface area is 121 Å². The molecule has 1 heterocycles. The molecule has 0 atom stereocenters. The van der Waals surface area contributed by atoms with Crippen molar-refractivity contribution < 1.29 is 4.79 Å². The molecule has 0 saturated heterocycles. The molecule has 104 valence electrons. The summed E-state index contributed by atoms with van der Waals surface area (Å²) in [5.74, 6) is 0.430. The maximum absolute atomic E-state index is 11.8. The smallest absolute Gasteiger partial charge is 0.256 e. The summed E-state index contributed by atoms with van der Waals surface area (Å²) in [4.78, 5) is 27.5. The number of hydrogen-bond donors (Lipinski definition) is 2. The van der Waals surface area contributed by atoms with Crippen LogP contribution in [0.25, 0.3) is 0 Å². The second-order valence-corrected chi connectivity index (χ2v) is 5.48. The fourth-order valence-electron chi connectivity index (χ4n) is 1.70. The van der Waals surface area contributed by atoms with Crippen LogP contribution in [-0.4, -0.2) is 23.2 Å². The summed E-state index contributed by atoms with van der Waals surface area (Å²) in [7, 11) is 0. The predicted octanol–water partition coefficient (Wildman–Crippen LogP) is 2.21. The van der Waals surface area contributed by atoms with Crippen LogP contribution in [0.1, 0.15) is 16.1 Å². The molecule has 0 unspecified atom stereocenters. The predicted molar refractivity (Wildman–Crippen MR) is 81.3 cm³/mol. The number of thioether (sulfide) groups is 1. The summed E-state index contributed by atoms with van der Waals surface area (Å²) < 4.78 is 0. The van der Waals surface area contributed by atoms with Gasteiger partial charge in [-0.1, -0.05) is 18.2 Å². The Morgan fingerprint density at radius 3 is 2.75 bits per heavy atom. The standard InChI is InChI=1S/C15H16N2O2S/c1-11-9-14(18)13(10-17-11)15(19)16-7-8-20-12-5-3-2-4-6-12/h2-6,9-10H,7-8H2,1H3,(H,16,19)(H,17,18). The molecule has 1 aromatic heterocycles. The molecular weight excluding hydrogens is 272 g/mol. The zero-order valence-electron chi connectivity index (χ0n) is 11.2. The number of aromatic nitrogens is 1. The van der Waals surface area contributed by atoms with E-state index in [-0.39, 0.29) is 16.9 Å². The van der Waals surface area contributed by atoms with E-state index >= 15 is 0 Å². The SMILES string of the molecule is Cc1cc(=O)c(C(=O)NCCSc2ccccc2)c[nH]1. The van der Waals surface area contributed by atoms with Gasteiger partial charge >= 0.3 is 0 Å². The Morgan fingerprint density at radius 1 is 1.30 bits per heavy atom. The number of pyridine rings is 1. The van der Waals surface area contributed by atoms with Crippen molar-refractivity contribution in [1.82, 2.24) is 10.3 Å². The Bertz CT molecular complexity index is 638. The maximum Gasteiger partial charge on any atom is 0.256 e. The molecule has 0 saturated carbocycles.